The first kappa shape index (κ1) is 14.5. The molecule has 1 aromatic rings. The Morgan fingerprint density at radius 1 is 1.21 bits per heavy atom. The minimum Gasteiger partial charge on any atom is -0.333 e. The van der Waals surface area contributed by atoms with Gasteiger partial charge < -0.3 is 9.88 Å². The van der Waals surface area contributed by atoms with Crippen molar-refractivity contribution in [2.75, 3.05) is 19.6 Å². The summed E-state index contributed by atoms with van der Waals surface area (Å²) in [6.07, 6.45) is 3.99. The molecule has 0 atom stereocenters. The van der Waals surface area contributed by atoms with Gasteiger partial charge in [-0.25, -0.2) is 4.98 Å². The Balaban J connectivity index is 1.87. The van der Waals surface area contributed by atoms with Crippen LogP contribution in [-0.4, -0.2) is 39.6 Å². The summed E-state index contributed by atoms with van der Waals surface area (Å²) in [5.74, 6) is 1.20. The lowest BCUT2D eigenvalue weighted by molar-refractivity contribution is 0.136. The number of nitrogens with one attached hydrogen (secondary N) is 1. The lowest BCUT2D eigenvalue weighted by Gasteiger charge is -2.37. The highest BCUT2D eigenvalue weighted by Gasteiger charge is 2.26. The molecule has 1 aliphatic rings. The number of fused-ring (bicyclic) bond motifs is 1. The van der Waals surface area contributed by atoms with Crippen LogP contribution in [0.5, 0.6) is 0 Å². The number of imidazole rings is 1. The highest BCUT2D eigenvalue weighted by molar-refractivity contribution is 4.96. The van der Waals surface area contributed by atoms with Crippen LogP contribution in [0.4, 0.5) is 0 Å². The molecule has 0 saturated heterocycles. The third-order valence-electron chi connectivity index (χ3n) is 3.57. The zero-order chi connectivity index (χ0) is 14.1. The predicted molar refractivity (Wildman–Crippen MR) is 79.0 cm³/mol. The second kappa shape index (κ2) is 5.25. The van der Waals surface area contributed by atoms with E-state index in [1.54, 1.807) is 0 Å². The van der Waals surface area contributed by atoms with Crippen LogP contribution in [0.2, 0.25) is 0 Å². The van der Waals surface area contributed by atoms with E-state index in [0.717, 1.165) is 32.7 Å². The lowest BCUT2D eigenvalue weighted by Crippen LogP contribution is -2.47. The van der Waals surface area contributed by atoms with Crippen LogP contribution in [0.25, 0.3) is 0 Å². The molecule has 19 heavy (non-hydrogen) atoms. The van der Waals surface area contributed by atoms with Gasteiger partial charge in [-0.15, -0.1) is 0 Å². The Bertz CT molecular complexity index is 414. The van der Waals surface area contributed by atoms with Crippen molar-refractivity contribution in [3.05, 3.63) is 18.2 Å². The third-order valence-corrected chi connectivity index (χ3v) is 3.57. The average Bonchev–Trinajstić information content (AvgIpc) is 2.72. The molecule has 0 unspecified atom stereocenters. The number of nitrogens with zero attached hydrogens (tertiary/aromatic N) is 3. The van der Waals surface area contributed by atoms with Crippen LogP contribution < -0.4 is 5.32 Å². The van der Waals surface area contributed by atoms with E-state index in [0.29, 0.717) is 0 Å². The number of hydrogen-bond acceptors (Lipinski definition) is 3. The molecule has 4 nitrogen and oxygen atoms in total. The topological polar surface area (TPSA) is 33.1 Å². The molecule has 2 heterocycles. The molecule has 108 valence electrons. The maximum absolute atomic E-state index is 4.43. The van der Waals surface area contributed by atoms with E-state index in [1.807, 2.05) is 6.20 Å². The average molecular weight is 264 g/mol. The monoisotopic (exact) mass is 264 g/mol. The molecule has 1 aliphatic heterocycles. The van der Waals surface area contributed by atoms with Gasteiger partial charge in [-0.3, -0.25) is 4.90 Å². The molecule has 0 aliphatic carbocycles. The van der Waals surface area contributed by atoms with Gasteiger partial charge in [0.2, 0.25) is 0 Å². The van der Waals surface area contributed by atoms with Gasteiger partial charge in [-0.1, -0.05) is 13.8 Å². The van der Waals surface area contributed by atoms with E-state index < -0.39 is 0 Å². The van der Waals surface area contributed by atoms with E-state index in [4.69, 9.17) is 0 Å². The fourth-order valence-corrected chi connectivity index (χ4v) is 2.52. The molecule has 0 spiro atoms. The van der Waals surface area contributed by atoms with Crippen LogP contribution in [-0.2, 0) is 13.1 Å². The zero-order valence-electron chi connectivity index (χ0n) is 13.0. The normalized spacial score (nSPS) is 17.5. The summed E-state index contributed by atoms with van der Waals surface area (Å²) < 4.78 is 2.26. The van der Waals surface area contributed by atoms with Crippen LogP contribution in [0, 0.1) is 5.41 Å². The molecule has 0 fully saturated rings. The fourth-order valence-electron chi connectivity index (χ4n) is 2.52. The second-order valence-corrected chi connectivity index (χ2v) is 7.52. The van der Waals surface area contributed by atoms with E-state index in [-0.39, 0.29) is 11.0 Å². The molecule has 4 heteroatoms. The van der Waals surface area contributed by atoms with Gasteiger partial charge in [0.1, 0.15) is 5.82 Å². The minimum absolute atomic E-state index is 0.190. The van der Waals surface area contributed by atoms with Crippen molar-refractivity contribution in [1.82, 2.24) is 19.8 Å². The highest BCUT2D eigenvalue weighted by atomic mass is 15.2. The van der Waals surface area contributed by atoms with Crippen molar-refractivity contribution in [2.45, 2.75) is 53.2 Å². The number of aromatic nitrogens is 2. The standard InChI is InChI=1S/C15H28N4/c1-14(2,3)17-11-15(4,5)12-18-8-9-19-7-6-16-13(19)10-18/h6-7,17H,8-12H2,1-5H3. The number of hydrogen-bond donors (Lipinski definition) is 1. The van der Waals surface area contributed by atoms with Crippen molar-refractivity contribution >= 4 is 0 Å². The van der Waals surface area contributed by atoms with Gasteiger partial charge in [0.05, 0.1) is 6.54 Å². The Morgan fingerprint density at radius 2 is 1.95 bits per heavy atom. The molecule has 2 rings (SSSR count). The van der Waals surface area contributed by atoms with Crippen LogP contribution in [0.15, 0.2) is 12.4 Å². The zero-order valence-corrected chi connectivity index (χ0v) is 13.0. The first-order valence-electron chi connectivity index (χ1n) is 7.23. The first-order chi connectivity index (χ1) is 8.75. The molecule has 0 amide bonds. The molecule has 0 aromatic carbocycles. The molecule has 1 aromatic heterocycles. The summed E-state index contributed by atoms with van der Waals surface area (Å²) in [6, 6.07) is 0. The molecular weight excluding hydrogens is 236 g/mol. The van der Waals surface area contributed by atoms with Crippen LogP contribution in [0.1, 0.15) is 40.4 Å². The molecular formula is C15H28N4. The summed E-state index contributed by atoms with van der Waals surface area (Å²) in [5, 5.41) is 3.62. The summed E-state index contributed by atoms with van der Waals surface area (Å²) >= 11 is 0. The third kappa shape index (κ3) is 4.32. The van der Waals surface area contributed by atoms with Gasteiger partial charge in [-0.05, 0) is 26.2 Å². The second-order valence-electron chi connectivity index (χ2n) is 7.52. The highest BCUT2D eigenvalue weighted by Crippen LogP contribution is 2.20. The Hall–Kier alpha value is -0.870. The van der Waals surface area contributed by atoms with Crippen LogP contribution in [0.3, 0.4) is 0 Å². The number of rotatable bonds is 4. The van der Waals surface area contributed by atoms with E-state index in [1.165, 1.54) is 5.82 Å². The van der Waals surface area contributed by atoms with Crippen molar-refractivity contribution in [1.29, 1.82) is 0 Å². The summed E-state index contributed by atoms with van der Waals surface area (Å²) in [7, 11) is 0. The lowest BCUT2D eigenvalue weighted by atomic mass is 9.91. The quantitative estimate of drug-likeness (QED) is 0.904. The fraction of sp³-hybridized carbons (Fsp3) is 0.800. The predicted octanol–water partition coefficient (Wildman–Crippen LogP) is 2.11. The van der Waals surface area contributed by atoms with Gasteiger partial charge in [-0.2, -0.15) is 0 Å². The van der Waals surface area contributed by atoms with Crippen LogP contribution >= 0.6 is 0 Å². The first-order valence-corrected chi connectivity index (χ1v) is 7.23. The van der Waals surface area contributed by atoms with Gasteiger partial charge >= 0.3 is 0 Å². The summed E-state index contributed by atoms with van der Waals surface area (Å²) in [5.41, 5.74) is 0.470. The summed E-state index contributed by atoms with van der Waals surface area (Å²) in [6.45, 7) is 16.7. The molecule has 1 N–H and O–H groups in total. The maximum Gasteiger partial charge on any atom is 0.122 e. The van der Waals surface area contributed by atoms with Crippen molar-refractivity contribution in [3.8, 4) is 0 Å². The van der Waals surface area contributed by atoms with Gasteiger partial charge in [0, 0.05) is 44.1 Å². The Labute approximate surface area is 117 Å². The molecule has 0 radical (unpaired) electrons. The Morgan fingerprint density at radius 3 is 2.63 bits per heavy atom. The smallest absolute Gasteiger partial charge is 0.122 e. The summed E-state index contributed by atoms with van der Waals surface area (Å²) in [4.78, 5) is 6.95. The minimum atomic E-state index is 0.190. The van der Waals surface area contributed by atoms with Crippen molar-refractivity contribution in [2.24, 2.45) is 5.41 Å². The molecule has 0 saturated carbocycles. The van der Waals surface area contributed by atoms with Gasteiger partial charge in [0.25, 0.3) is 0 Å². The molecule has 0 bridgehead atoms. The van der Waals surface area contributed by atoms with Crippen molar-refractivity contribution in [3.63, 3.8) is 0 Å². The van der Waals surface area contributed by atoms with E-state index >= 15 is 0 Å². The largest absolute Gasteiger partial charge is 0.333 e. The van der Waals surface area contributed by atoms with E-state index in [2.05, 4.69) is 60.6 Å². The van der Waals surface area contributed by atoms with E-state index in [9.17, 15) is 0 Å². The SMILES string of the molecule is CC(C)(CNC(C)(C)C)CN1CCn2ccnc2C1. The maximum atomic E-state index is 4.43. The van der Waals surface area contributed by atoms with Gasteiger partial charge in [0.15, 0.2) is 0 Å². The Kier molecular flexibility index (Phi) is 4.02. The van der Waals surface area contributed by atoms with Crippen molar-refractivity contribution < 1.29 is 0 Å².